The van der Waals surface area contributed by atoms with Gasteiger partial charge in [0.25, 0.3) is 0 Å². The first-order chi connectivity index (χ1) is 5.25. The number of allylic oxidation sites excluding steroid dienone is 1. The first kappa shape index (κ1) is 7.20. The largest absolute Gasteiger partial charge is 0.386 e. The van der Waals surface area contributed by atoms with Gasteiger partial charge in [-0.3, -0.25) is 0 Å². The van der Waals surface area contributed by atoms with Crippen LogP contribution in [0.25, 0.3) is 0 Å². The fourth-order valence-electron chi connectivity index (χ4n) is 1.94. The molecule has 1 heteroatoms. The maximum absolute atomic E-state index is 4.00. The van der Waals surface area contributed by atoms with E-state index in [1.807, 2.05) is 0 Å². The molecule has 0 aromatic rings. The summed E-state index contributed by atoms with van der Waals surface area (Å²) >= 11 is 0. The third kappa shape index (κ3) is 1.58. The van der Waals surface area contributed by atoms with E-state index < -0.39 is 0 Å². The van der Waals surface area contributed by atoms with Gasteiger partial charge >= 0.3 is 0 Å². The van der Waals surface area contributed by atoms with Crippen LogP contribution in [-0.2, 0) is 0 Å². The molecule has 1 aliphatic carbocycles. The Morgan fingerprint density at radius 1 is 1.55 bits per heavy atom. The van der Waals surface area contributed by atoms with Crippen molar-refractivity contribution in [3.8, 4) is 0 Å². The van der Waals surface area contributed by atoms with Crippen LogP contribution in [0.1, 0.15) is 32.6 Å². The van der Waals surface area contributed by atoms with E-state index in [-0.39, 0.29) is 0 Å². The normalized spacial score (nSPS) is 37.4. The SMILES string of the molecule is C=C1NC(CC2CC2)CC1C. The Morgan fingerprint density at radius 3 is 2.73 bits per heavy atom. The van der Waals surface area contributed by atoms with Crippen molar-refractivity contribution in [3.05, 3.63) is 12.3 Å². The average Bonchev–Trinajstić information content (AvgIpc) is 2.65. The summed E-state index contributed by atoms with van der Waals surface area (Å²) in [5.41, 5.74) is 1.26. The summed E-state index contributed by atoms with van der Waals surface area (Å²) in [7, 11) is 0. The maximum atomic E-state index is 4.00. The van der Waals surface area contributed by atoms with Gasteiger partial charge in [-0.05, 0) is 24.7 Å². The van der Waals surface area contributed by atoms with E-state index in [0.717, 1.165) is 12.0 Å². The lowest BCUT2D eigenvalue weighted by Crippen LogP contribution is -2.20. The van der Waals surface area contributed by atoms with Crippen LogP contribution >= 0.6 is 0 Å². The second kappa shape index (κ2) is 2.54. The van der Waals surface area contributed by atoms with Crippen LogP contribution in [0.2, 0.25) is 0 Å². The van der Waals surface area contributed by atoms with E-state index in [9.17, 15) is 0 Å². The van der Waals surface area contributed by atoms with Gasteiger partial charge in [-0.25, -0.2) is 0 Å². The third-order valence-electron chi connectivity index (χ3n) is 2.94. The zero-order valence-corrected chi connectivity index (χ0v) is 7.27. The Bertz CT molecular complexity index is 170. The summed E-state index contributed by atoms with van der Waals surface area (Å²) in [6.07, 6.45) is 5.65. The quantitative estimate of drug-likeness (QED) is 0.638. The molecule has 1 heterocycles. The molecule has 0 bridgehead atoms. The van der Waals surface area contributed by atoms with Crippen molar-refractivity contribution >= 4 is 0 Å². The Morgan fingerprint density at radius 2 is 2.27 bits per heavy atom. The van der Waals surface area contributed by atoms with Crippen LogP contribution in [0.5, 0.6) is 0 Å². The lowest BCUT2D eigenvalue weighted by molar-refractivity contribution is 0.513. The fraction of sp³-hybridized carbons (Fsp3) is 0.800. The van der Waals surface area contributed by atoms with Gasteiger partial charge in [0, 0.05) is 11.7 Å². The molecule has 0 amide bonds. The van der Waals surface area contributed by atoms with Crippen LogP contribution in [0.3, 0.4) is 0 Å². The molecular weight excluding hydrogens is 134 g/mol. The molecule has 0 aromatic heterocycles. The number of hydrogen-bond donors (Lipinski definition) is 1. The zero-order valence-electron chi connectivity index (χ0n) is 7.27. The highest BCUT2D eigenvalue weighted by molar-refractivity contribution is 5.06. The monoisotopic (exact) mass is 151 g/mol. The van der Waals surface area contributed by atoms with Crippen molar-refractivity contribution in [3.63, 3.8) is 0 Å². The highest BCUT2D eigenvalue weighted by Gasteiger charge is 2.30. The van der Waals surface area contributed by atoms with Crippen LogP contribution in [0.4, 0.5) is 0 Å². The number of hydrogen-bond acceptors (Lipinski definition) is 1. The van der Waals surface area contributed by atoms with Gasteiger partial charge in [0.1, 0.15) is 0 Å². The highest BCUT2D eigenvalue weighted by Crippen LogP contribution is 2.36. The molecule has 0 spiro atoms. The molecule has 2 rings (SSSR count). The van der Waals surface area contributed by atoms with Crippen molar-refractivity contribution in [2.75, 3.05) is 0 Å². The minimum Gasteiger partial charge on any atom is -0.386 e. The molecule has 0 radical (unpaired) electrons. The van der Waals surface area contributed by atoms with E-state index in [1.54, 1.807) is 0 Å². The topological polar surface area (TPSA) is 12.0 Å². The Kier molecular flexibility index (Phi) is 1.67. The minimum atomic E-state index is 0.707. The summed E-state index contributed by atoms with van der Waals surface area (Å²) < 4.78 is 0. The summed E-state index contributed by atoms with van der Waals surface area (Å²) in [5.74, 6) is 1.75. The van der Waals surface area contributed by atoms with E-state index in [2.05, 4.69) is 18.8 Å². The molecule has 1 nitrogen and oxygen atoms in total. The molecule has 2 aliphatic rings. The lowest BCUT2D eigenvalue weighted by atomic mass is 10.0. The molecular formula is C10H17N. The van der Waals surface area contributed by atoms with E-state index >= 15 is 0 Å². The molecule has 11 heavy (non-hydrogen) atoms. The van der Waals surface area contributed by atoms with Crippen molar-refractivity contribution in [2.45, 2.75) is 38.6 Å². The number of rotatable bonds is 2. The van der Waals surface area contributed by atoms with Crippen LogP contribution in [0, 0.1) is 11.8 Å². The van der Waals surface area contributed by atoms with Gasteiger partial charge in [0.05, 0.1) is 0 Å². The second-order valence-electron chi connectivity index (χ2n) is 4.18. The summed E-state index contributed by atoms with van der Waals surface area (Å²) in [4.78, 5) is 0. The van der Waals surface area contributed by atoms with Gasteiger partial charge in [0.2, 0.25) is 0 Å². The van der Waals surface area contributed by atoms with Crippen LogP contribution in [-0.4, -0.2) is 6.04 Å². The highest BCUT2D eigenvalue weighted by atomic mass is 15.0. The number of nitrogens with one attached hydrogen (secondary N) is 1. The predicted molar refractivity (Wildman–Crippen MR) is 47.2 cm³/mol. The first-order valence-electron chi connectivity index (χ1n) is 4.71. The molecule has 2 atom stereocenters. The minimum absolute atomic E-state index is 0.707. The predicted octanol–water partition coefficient (Wildman–Crippen LogP) is 2.30. The summed E-state index contributed by atoms with van der Waals surface area (Å²) in [6, 6.07) is 0.755. The molecule has 2 fully saturated rings. The molecule has 62 valence electrons. The molecule has 0 aromatic carbocycles. The van der Waals surface area contributed by atoms with E-state index in [0.29, 0.717) is 5.92 Å². The van der Waals surface area contributed by atoms with Gasteiger partial charge in [-0.15, -0.1) is 0 Å². The molecule has 1 saturated carbocycles. The Labute approximate surface area is 68.9 Å². The van der Waals surface area contributed by atoms with Crippen LogP contribution in [0.15, 0.2) is 12.3 Å². The van der Waals surface area contributed by atoms with Gasteiger partial charge in [-0.2, -0.15) is 0 Å². The molecule has 1 saturated heterocycles. The smallest absolute Gasteiger partial charge is 0.0267 e. The fourth-order valence-corrected chi connectivity index (χ4v) is 1.94. The van der Waals surface area contributed by atoms with Gasteiger partial charge in [0.15, 0.2) is 0 Å². The maximum Gasteiger partial charge on any atom is 0.0267 e. The Hall–Kier alpha value is -0.460. The van der Waals surface area contributed by atoms with E-state index in [1.165, 1.54) is 31.4 Å². The van der Waals surface area contributed by atoms with Crippen LogP contribution < -0.4 is 5.32 Å². The summed E-state index contributed by atoms with van der Waals surface area (Å²) in [6.45, 7) is 6.27. The molecule has 2 unspecified atom stereocenters. The van der Waals surface area contributed by atoms with Crippen molar-refractivity contribution in [2.24, 2.45) is 11.8 Å². The standard InChI is InChI=1S/C10H17N/c1-7-5-10(11-8(7)2)6-9-3-4-9/h7,9-11H,2-6H2,1H3. The average molecular weight is 151 g/mol. The zero-order chi connectivity index (χ0) is 7.84. The first-order valence-corrected chi connectivity index (χ1v) is 4.71. The van der Waals surface area contributed by atoms with Gasteiger partial charge in [-0.1, -0.05) is 26.3 Å². The van der Waals surface area contributed by atoms with Gasteiger partial charge < -0.3 is 5.32 Å². The third-order valence-corrected chi connectivity index (χ3v) is 2.94. The second-order valence-corrected chi connectivity index (χ2v) is 4.18. The Balaban J connectivity index is 1.82. The van der Waals surface area contributed by atoms with Crippen molar-refractivity contribution in [1.82, 2.24) is 5.32 Å². The molecule has 1 aliphatic heterocycles. The lowest BCUT2D eigenvalue weighted by Gasteiger charge is -2.08. The van der Waals surface area contributed by atoms with Crippen molar-refractivity contribution < 1.29 is 0 Å². The van der Waals surface area contributed by atoms with E-state index in [4.69, 9.17) is 0 Å². The molecule has 1 N–H and O–H groups in total. The van der Waals surface area contributed by atoms with Crippen molar-refractivity contribution in [1.29, 1.82) is 0 Å². The summed E-state index contributed by atoms with van der Waals surface area (Å²) in [5, 5.41) is 3.48.